The van der Waals surface area contributed by atoms with E-state index in [1.807, 2.05) is 36.2 Å². The van der Waals surface area contributed by atoms with E-state index in [2.05, 4.69) is 52.5 Å². The Kier molecular flexibility index (Phi) is 4.81. The molecule has 0 aliphatic carbocycles. The van der Waals surface area contributed by atoms with E-state index >= 15 is 0 Å². The van der Waals surface area contributed by atoms with Crippen molar-refractivity contribution in [3.8, 4) is 11.4 Å². The molecule has 0 bridgehead atoms. The van der Waals surface area contributed by atoms with E-state index in [9.17, 15) is 0 Å². The average Bonchev–Trinajstić information content (AvgIpc) is 2.68. The highest BCUT2D eigenvalue weighted by atomic mass is 32.2. The van der Waals surface area contributed by atoms with Crippen molar-refractivity contribution >= 4 is 11.8 Å². The zero-order valence-corrected chi connectivity index (χ0v) is 15.2. The third kappa shape index (κ3) is 3.60. The van der Waals surface area contributed by atoms with Crippen LogP contribution in [-0.4, -0.2) is 27.7 Å². The summed E-state index contributed by atoms with van der Waals surface area (Å²) in [6.45, 7) is 2.95. The molecule has 0 spiro atoms. The van der Waals surface area contributed by atoms with Gasteiger partial charge in [-0.3, -0.25) is 4.90 Å². The molecular formula is C21H21N3S. The number of thioether (sulfide) groups is 1. The molecule has 0 unspecified atom stereocenters. The first-order chi connectivity index (χ1) is 12.3. The van der Waals surface area contributed by atoms with E-state index < -0.39 is 0 Å². The molecule has 0 N–H and O–H groups in total. The van der Waals surface area contributed by atoms with Gasteiger partial charge < -0.3 is 0 Å². The van der Waals surface area contributed by atoms with E-state index in [4.69, 9.17) is 4.98 Å². The van der Waals surface area contributed by atoms with Gasteiger partial charge in [0.2, 0.25) is 0 Å². The molecule has 25 heavy (non-hydrogen) atoms. The fourth-order valence-corrected chi connectivity index (χ4v) is 3.92. The standard InChI is InChI=1S/C21H21N3S/c1-25-20-10-6-5-9-17(20)14-24-12-11-19-18(15-24)13-22-21(23-19)16-7-3-2-4-8-16/h2-10,13H,11-12,14-15H2,1H3. The molecule has 4 heteroatoms. The molecule has 4 rings (SSSR count). The third-order valence-corrected chi connectivity index (χ3v) is 5.47. The molecule has 0 saturated carbocycles. The largest absolute Gasteiger partial charge is 0.294 e. The minimum Gasteiger partial charge on any atom is -0.294 e. The number of aromatic nitrogens is 2. The van der Waals surface area contributed by atoms with Gasteiger partial charge >= 0.3 is 0 Å². The van der Waals surface area contributed by atoms with Gasteiger partial charge in [0.1, 0.15) is 0 Å². The molecule has 0 radical (unpaired) electrons. The summed E-state index contributed by atoms with van der Waals surface area (Å²) < 4.78 is 0. The molecule has 1 aliphatic heterocycles. The van der Waals surface area contributed by atoms with Gasteiger partial charge in [-0.1, -0.05) is 48.5 Å². The Morgan fingerprint density at radius 2 is 1.84 bits per heavy atom. The maximum Gasteiger partial charge on any atom is 0.159 e. The fraction of sp³-hybridized carbons (Fsp3) is 0.238. The minimum atomic E-state index is 0.834. The summed E-state index contributed by atoms with van der Waals surface area (Å²) in [4.78, 5) is 13.3. The first kappa shape index (κ1) is 16.3. The number of benzene rings is 2. The van der Waals surface area contributed by atoms with Crippen molar-refractivity contribution in [1.29, 1.82) is 0 Å². The molecule has 0 fully saturated rings. The molecule has 0 amide bonds. The normalized spacial score (nSPS) is 14.3. The van der Waals surface area contributed by atoms with Crippen LogP contribution in [0.2, 0.25) is 0 Å². The minimum absolute atomic E-state index is 0.834. The molecule has 1 aromatic heterocycles. The van der Waals surface area contributed by atoms with Crippen LogP contribution < -0.4 is 0 Å². The summed E-state index contributed by atoms with van der Waals surface area (Å²) in [5, 5.41) is 0. The second kappa shape index (κ2) is 7.38. The number of nitrogens with zero attached hydrogens (tertiary/aromatic N) is 3. The van der Waals surface area contributed by atoms with Crippen molar-refractivity contribution in [3.63, 3.8) is 0 Å². The third-order valence-electron chi connectivity index (χ3n) is 4.63. The Bertz CT molecular complexity index is 864. The highest BCUT2D eigenvalue weighted by Gasteiger charge is 2.19. The second-order valence-corrected chi connectivity index (χ2v) is 7.15. The molecule has 0 atom stereocenters. The summed E-state index contributed by atoms with van der Waals surface area (Å²) in [5.41, 5.74) is 4.94. The van der Waals surface area contributed by atoms with Crippen LogP contribution in [0.1, 0.15) is 16.8 Å². The van der Waals surface area contributed by atoms with Crippen molar-refractivity contribution in [3.05, 3.63) is 77.6 Å². The van der Waals surface area contributed by atoms with Gasteiger partial charge in [-0.2, -0.15) is 0 Å². The predicted octanol–water partition coefficient (Wildman–Crippen LogP) is 4.42. The van der Waals surface area contributed by atoms with Crippen LogP contribution in [0.4, 0.5) is 0 Å². The topological polar surface area (TPSA) is 29.0 Å². The lowest BCUT2D eigenvalue weighted by atomic mass is 10.1. The van der Waals surface area contributed by atoms with Crippen LogP contribution >= 0.6 is 11.8 Å². The van der Waals surface area contributed by atoms with E-state index in [0.29, 0.717) is 0 Å². The maximum absolute atomic E-state index is 4.82. The Morgan fingerprint density at radius 3 is 2.68 bits per heavy atom. The molecule has 126 valence electrons. The lowest BCUT2D eigenvalue weighted by Crippen LogP contribution is -2.31. The van der Waals surface area contributed by atoms with E-state index in [1.54, 1.807) is 0 Å². The Balaban J connectivity index is 1.52. The van der Waals surface area contributed by atoms with Gasteiger partial charge in [0.25, 0.3) is 0 Å². The quantitative estimate of drug-likeness (QED) is 0.653. The van der Waals surface area contributed by atoms with E-state index in [1.165, 1.54) is 21.7 Å². The zero-order valence-electron chi connectivity index (χ0n) is 14.4. The fourth-order valence-electron chi connectivity index (χ4n) is 3.31. The number of hydrogen-bond acceptors (Lipinski definition) is 4. The van der Waals surface area contributed by atoms with Crippen LogP contribution in [0.5, 0.6) is 0 Å². The number of rotatable bonds is 4. The van der Waals surface area contributed by atoms with Gasteiger partial charge in [-0.05, 0) is 17.9 Å². The number of hydrogen-bond donors (Lipinski definition) is 0. The van der Waals surface area contributed by atoms with Crippen LogP contribution in [0.15, 0.2) is 65.7 Å². The zero-order chi connectivity index (χ0) is 17.1. The van der Waals surface area contributed by atoms with Crippen molar-refractivity contribution < 1.29 is 0 Å². The Labute approximate surface area is 153 Å². The molecule has 2 aromatic carbocycles. The van der Waals surface area contributed by atoms with Gasteiger partial charge in [0.05, 0.1) is 5.69 Å². The smallest absolute Gasteiger partial charge is 0.159 e. The van der Waals surface area contributed by atoms with E-state index in [0.717, 1.165) is 37.4 Å². The van der Waals surface area contributed by atoms with Gasteiger partial charge in [-0.15, -0.1) is 11.8 Å². The second-order valence-electron chi connectivity index (χ2n) is 6.30. The molecular weight excluding hydrogens is 326 g/mol. The Hall–Kier alpha value is -2.17. The van der Waals surface area contributed by atoms with E-state index in [-0.39, 0.29) is 0 Å². The SMILES string of the molecule is CSc1ccccc1CN1CCc2nc(-c3ccccc3)ncc2C1. The monoisotopic (exact) mass is 347 g/mol. The summed E-state index contributed by atoms with van der Waals surface area (Å²) >= 11 is 1.82. The first-order valence-corrected chi connectivity index (χ1v) is 9.80. The van der Waals surface area contributed by atoms with Crippen LogP contribution in [0.25, 0.3) is 11.4 Å². The molecule has 3 nitrogen and oxygen atoms in total. The van der Waals surface area contributed by atoms with Gasteiger partial charge in [0, 0.05) is 48.3 Å². The lowest BCUT2D eigenvalue weighted by Gasteiger charge is -2.28. The van der Waals surface area contributed by atoms with Crippen LogP contribution in [-0.2, 0) is 19.5 Å². The van der Waals surface area contributed by atoms with Crippen molar-refractivity contribution in [1.82, 2.24) is 14.9 Å². The summed E-state index contributed by atoms with van der Waals surface area (Å²) in [6.07, 6.45) is 5.14. The van der Waals surface area contributed by atoms with Crippen molar-refractivity contribution in [2.24, 2.45) is 0 Å². The maximum atomic E-state index is 4.82. The number of fused-ring (bicyclic) bond motifs is 1. The van der Waals surface area contributed by atoms with Gasteiger partial charge in [-0.25, -0.2) is 9.97 Å². The Morgan fingerprint density at radius 1 is 1.04 bits per heavy atom. The lowest BCUT2D eigenvalue weighted by molar-refractivity contribution is 0.241. The van der Waals surface area contributed by atoms with Crippen LogP contribution in [0, 0.1) is 0 Å². The molecule has 0 saturated heterocycles. The molecule has 2 heterocycles. The highest BCUT2D eigenvalue weighted by Crippen LogP contribution is 2.25. The summed E-state index contributed by atoms with van der Waals surface area (Å²) in [5.74, 6) is 0.834. The average molecular weight is 347 g/mol. The summed E-state index contributed by atoms with van der Waals surface area (Å²) in [7, 11) is 0. The van der Waals surface area contributed by atoms with Crippen molar-refractivity contribution in [2.45, 2.75) is 24.4 Å². The highest BCUT2D eigenvalue weighted by molar-refractivity contribution is 7.98. The van der Waals surface area contributed by atoms with Crippen LogP contribution in [0.3, 0.4) is 0 Å². The molecule has 3 aromatic rings. The molecule has 1 aliphatic rings. The predicted molar refractivity (Wildman–Crippen MR) is 104 cm³/mol. The van der Waals surface area contributed by atoms with Crippen molar-refractivity contribution in [2.75, 3.05) is 12.8 Å². The summed E-state index contributed by atoms with van der Waals surface area (Å²) in [6, 6.07) is 18.9. The van der Waals surface area contributed by atoms with Gasteiger partial charge in [0.15, 0.2) is 5.82 Å². The first-order valence-electron chi connectivity index (χ1n) is 8.58.